The number of amides is 2. The molecule has 0 saturated carbocycles. The quantitative estimate of drug-likeness (QED) is 0.715. The monoisotopic (exact) mass is 373 g/mol. The van der Waals surface area contributed by atoms with Crippen LogP contribution in [0.3, 0.4) is 0 Å². The van der Waals surface area contributed by atoms with Crippen LogP contribution in [0.1, 0.15) is 12.5 Å². The van der Waals surface area contributed by atoms with Crippen LogP contribution in [0.25, 0.3) is 10.2 Å². The number of aromatic nitrogens is 1. The summed E-state index contributed by atoms with van der Waals surface area (Å²) < 4.78 is 18.9. The molecule has 2 N–H and O–H groups in total. The van der Waals surface area contributed by atoms with Crippen LogP contribution >= 0.6 is 11.3 Å². The Morgan fingerprint density at radius 3 is 2.77 bits per heavy atom. The van der Waals surface area contributed by atoms with E-state index in [0.717, 1.165) is 16.9 Å². The van der Waals surface area contributed by atoms with Crippen LogP contribution in [0, 0.1) is 5.82 Å². The molecule has 3 aromatic rings. The van der Waals surface area contributed by atoms with Gasteiger partial charge in [-0.15, -0.1) is 0 Å². The molecule has 0 aliphatic carbocycles. The third kappa shape index (κ3) is 4.54. The number of halogens is 1. The molecule has 0 bridgehead atoms. The molecule has 134 valence electrons. The topological polar surface area (TPSA) is 80.3 Å². The number of nitrogens with zero attached hydrogens (tertiary/aromatic N) is 1. The van der Waals surface area contributed by atoms with Crippen LogP contribution < -0.4 is 10.6 Å². The van der Waals surface area contributed by atoms with Gasteiger partial charge in [0.2, 0.25) is 5.91 Å². The highest BCUT2D eigenvalue weighted by molar-refractivity contribution is 7.22. The van der Waals surface area contributed by atoms with Crippen molar-refractivity contribution in [1.82, 2.24) is 10.3 Å². The molecular weight excluding hydrogens is 357 g/mol. The lowest BCUT2D eigenvalue weighted by atomic mass is 10.2. The minimum absolute atomic E-state index is 0.116. The molecule has 0 aliphatic rings. The van der Waals surface area contributed by atoms with Crippen LogP contribution in [0.2, 0.25) is 0 Å². The number of thiazole rings is 1. The van der Waals surface area contributed by atoms with Crippen LogP contribution in [0.4, 0.5) is 14.3 Å². The Morgan fingerprint density at radius 1 is 1.23 bits per heavy atom. The van der Waals surface area contributed by atoms with Gasteiger partial charge in [-0.2, -0.15) is 0 Å². The van der Waals surface area contributed by atoms with Crippen LogP contribution in [0.5, 0.6) is 0 Å². The van der Waals surface area contributed by atoms with Crippen molar-refractivity contribution in [3.05, 3.63) is 59.9 Å². The van der Waals surface area contributed by atoms with E-state index in [-0.39, 0.29) is 12.4 Å². The van der Waals surface area contributed by atoms with Gasteiger partial charge in [-0.1, -0.05) is 41.7 Å². The smallest absolute Gasteiger partial charge is 0.408 e. The highest BCUT2D eigenvalue weighted by Crippen LogP contribution is 2.26. The van der Waals surface area contributed by atoms with Crippen LogP contribution in [-0.2, 0) is 16.1 Å². The van der Waals surface area contributed by atoms with Gasteiger partial charge < -0.3 is 15.4 Å². The molecule has 26 heavy (non-hydrogen) atoms. The fraction of sp³-hybridized carbons (Fsp3) is 0.167. The zero-order valence-corrected chi connectivity index (χ0v) is 14.7. The van der Waals surface area contributed by atoms with Gasteiger partial charge in [-0.25, -0.2) is 14.2 Å². The summed E-state index contributed by atoms with van der Waals surface area (Å²) >= 11 is 1.16. The second-order valence-corrected chi connectivity index (χ2v) is 6.58. The SMILES string of the molecule is CC(NC(=O)OCc1ccccc1)C(=O)Nc1nc2ccc(F)cc2s1. The van der Waals surface area contributed by atoms with E-state index < -0.39 is 18.0 Å². The Balaban J connectivity index is 1.52. The minimum Gasteiger partial charge on any atom is -0.445 e. The molecule has 6 nitrogen and oxygen atoms in total. The van der Waals surface area contributed by atoms with Crippen molar-refractivity contribution in [2.45, 2.75) is 19.6 Å². The van der Waals surface area contributed by atoms with Crippen molar-refractivity contribution >= 4 is 38.7 Å². The van der Waals surface area contributed by atoms with Gasteiger partial charge in [0.15, 0.2) is 5.13 Å². The molecular formula is C18H16FN3O3S. The zero-order valence-electron chi connectivity index (χ0n) is 13.9. The van der Waals surface area contributed by atoms with Gasteiger partial charge in [0.05, 0.1) is 10.2 Å². The maximum Gasteiger partial charge on any atom is 0.408 e. The molecule has 0 saturated heterocycles. The second-order valence-electron chi connectivity index (χ2n) is 5.55. The summed E-state index contributed by atoms with van der Waals surface area (Å²) in [5, 5.41) is 5.40. The first-order valence-electron chi connectivity index (χ1n) is 7.85. The molecule has 3 rings (SSSR count). The lowest BCUT2D eigenvalue weighted by molar-refractivity contribution is -0.117. The standard InChI is InChI=1S/C18H16FN3O3S/c1-11(20-18(24)25-10-12-5-3-2-4-6-12)16(23)22-17-21-14-8-7-13(19)9-15(14)26-17/h2-9,11H,10H2,1H3,(H,20,24)(H,21,22,23). The number of hydrogen-bond acceptors (Lipinski definition) is 5. The second kappa shape index (κ2) is 7.92. The van der Waals surface area contributed by atoms with Crippen LogP contribution in [0.15, 0.2) is 48.5 Å². The summed E-state index contributed by atoms with van der Waals surface area (Å²) in [5.41, 5.74) is 1.44. The van der Waals surface area contributed by atoms with Gasteiger partial charge in [0, 0.05) is 0 Å². The summed E-state index contributed by atoms with van der Waals surface area (Å²) in [7, 11) is 0. The lowest BCUT2D eigenvalue weighted by Gasteiger charge is -2.13. The molecule has 8 heteroatoms. The predicted octanol–water partition coefficient (Wildman–Crippen LogP) is 3.69. The molecule has 0 spiro atoms. The first-order valence-corrected chi connectivity index (χ1v) is 8.67. The van der Waals surface area contributed by atoms with E-state index in [1.54, 1.807) is 6.07 Å². The first-order chi connectivity index (χ1) is 12.5. The van der Waals surface area contributed by atoms with Crippen molar-refractivity contribution in [2.24, 2.45) is 0 Å². The van der Waals surface area contributed by atoms with Crippen molar-refractivity contribution in [1.29, 1.82) is 0 Å². The number of hydrogen-bond donors (Lipinski definition) is 2. The Morgan fingerprint density at radius 2 is 2.00 bits per heavy atom. The molecule has 1 unspecified atom stereocenters. The van der Waals surface area contributed by atoms with E-state index in [1.165, 1.54) is 19.1 Å². The molecule has 0 aliphatic heterocycles. The molecule has 0 radical (unpaired) electrons. The highest BCUT2D eigenvalue weighted by atomic mass is 32.1. The molecule has 2 amide bonds. The predicted molar refractivity (Wildman–Crippen MR) is 97.4 cm³/mol. The zero-order chi connectivity index (χ0) is 18.5. The Hall–Kier alpha value is -3.00. The average Bonchev–Trinajstić information content (AvgIpc) is 3.02. The highest BCUT2D eigenvalue weighted by Gasteiger charge is 2.18. The maximum absolute atomic E-state index is 13.2. The third-order valence-corrected chi connectivity index (χ3v) is 4.45. The van der Waals surface area contributed by atoms with Gasteiger partial charge in [0.1, 0.15) is 18.5 Å². The van der Waals surface area contributed by atoms with E-state index >= 15 is 0 Å². The normalized spacial score (nSPS) is 11.8. The minimum atomic E-state index is -0.818. The fourth-order valence-corrected chi connectivity index (χ4v) is 3.07. The average molecular weight is 373 g/mol. The molecule has 2 aromatic carbocycles. The van der Waals surface area contributed by atoms with Gasteiger partial charge in [-0.05, 0) is 30.7 Å². The van der Waals surface area contributed by atoms with Crippen molar-refractivity contribution in [3.8, 4) is 0 Å². The lowest BCUT2D eigenvalue weighted by Crippen LogP contribution is -2.41. The van der Waals surface area contributed by atoms with Gasteiger partial charge in [0.25, 0.3) is 0 Å². The van der Waals surface area contributed by atoms with E-state index in [2.05, 4.69) is 15.6 Å². The van der Waals surface area contributed by atoms with Crippen molar-refractivity contribution in [2.75, 3.05) is 5.32 Å². The summed E-state index contributed by atoms with van der Waals surface area (Å²) in [4.78, 5) is 28.2. The van der Waals surface area contributed by atoms with Crippen molar-refractivity contribution < 1.29 is 18.7 Å². The molecule has 1 aromatic heterocycles. The molecule has 0 fully saturated rings. The first kappa shape index (κ1) is 17.8. The number of nitrogens with one attached hydrogen (secondary N) is 2. The fourth-order valence-electron chi connectivity index (χ4n) is 2.17. The van der Waals surface area contributed by atoms with E-state index in [9.17, 15) is 14.0 Å². The van der Waals surface area contributed by atoms with Crippen LogP contribution in [-0.4, -0.2) is 23.0 Å². The summed E-state index contributed by atoms with van der Waals surface area (Å²) in [5.74, 6) is -0.809. The van der Waals surface area contributed by atoms with E-state index in [4.69, 9.17) is 4.74 Å². The number of carbonyl (C=O) groups excluding carboxylic acids is 2. The number of carbonyl (C=O) groups is 2. The summed E-state index contributed by atoms with van der Waals surface area (Å²) in [6.45, 7) is 1.65. The molecule has 1 heterocycles. The summed E-state index contributed by atoms with van der Waals surface area (Å²) in [6, 6.07) is 12.6. The van der Waals surface area contributed by atoms with E-state index in [0.29, 0.717) is 15.3 Å². The number of rotatable bonds is 5. The third-order valence-electron chi connectivity index (χ3n) is 3.52. The largest absolute Gasteiger partial charge is 0.445 e. The molecule has 1 atom stereocenters. The number of ether oxygens (including phenoxy) is 1. The van der Waals surface area contributed by atoms with Gasteiger partial charge >= 0.3 is 6.09 Å². The summed E-state index contributed by atoms with van der Waals surface area (Å²) in [6.07, 6.45) is -0.692. The number of fused-ring (bicyclic) bond motifs is 1. The number of alkyl carbamates (subject to hydrolysis) is 1. The van der Waals surface area contributed by atoms with Crippen molar-refractivity contribution in [3.63, 3.8) is 0 Å². The maximum atomic E-state index is 13.2. The number of benzene rings is 2. The van der Waals surface area contributed by atoms with E-state index in [1.807, 2.05) is 30.3 Å². The Labute approximate surface area is 153 Å². The Kier molecular flexibility index (Phi) is 5.43. The van der Waals surface area contributed by atoms with Gasteiger partial charge in [-0.3, -0.25) is 4.79 Å². The number of anilines is 1. The Bertz CT molecular complexity index is 930.